The van der Waals surface area contributed by atoms with Crippen LogP contribution in [0.5, 0.6) is 0 Å². The predicted molar refractivity (Wildman–Crippen MR) is 102 cm³/mol. The minimum absolute atomic E-state index is 0.720. The highest BCUT2D eigenvalue weighted by atomic mass is 15.2. The van der Waals surface area contributed by atoms with Gasteiger partial charge in [0.05, 0.1) is 5.52 Å². The second-order valence-corrected chi connectivity index (χ2v) is 5.94. The molecule has 6 nitrogen and oxygen atoms in total. The zero-order chi connectivity index (χ0) is 17.3. The molecule has 3 aromatic heterocycles. The van der Waals surface area contributed by atoms with E-state index in [9.17, 15) is 0 Å². The number of pyridine rings is 2. The topological polar surface area (TPSA) is 79.4 Å². The summed E-state index contributed by atoms with van der Waals surface area (Å²) >= 11 is 0. The smallest absolute Gasteiger partial charge is 0.161 e. The maximum absolute atomic E-state index is 4.87. The van der Waals surface area contributed by atoms with Crippen molar-refractivity contribution in [3.8, 4) is 11.4 Å². The number of nitrogens with one attached hydrogen (secondary N) is 2. The first-order valence-electron chi connectivity index (χ1n) is 8.24. The van der Waals surface area contributed by atoms with Gasteiger partial charge in [0.15, 0.2) is 5.82 Å². The number of aromatic nitrogens is 5. The predicted octanol–water partition coefficient (Wildman–Crippen LogP) is 4.31. The summed E-state index contributed by atoms with van der Waals surface area (Å²) in [5.74, 6) is 1.52. The standard InChI is InChI=1S/C20H14N6/c1-2-4-14(5-3-1)24-20-16-8-9-21-11-17(16)15-7-6-13(10-18(15)25-20)19-22-12-23-26-19/h1-12H,(H,24,25)(H,22,23,26). The van der Waals surface area contributed by atoms with E-state index in [4.69, 9.17) is 4.98 Å². The van der Waals surface area contributed by atoms with Crippen LogP contribution in [-0.4, -0.2) is 25.1 Å². The van der Waals surface area contributed by atoms with Crippen molar-refractivity contribution < 1.29 is 0 Å². The number of fused-ring (bicyclic) bond motifs is 3. The van der Waals surface area contributed by atoms with Crippen LogP contribution in [0.1, 0.15) is 0 Å². The summed E-state index contributed by atoms with van der Waals surface area (Å²) in [5.41, 5.74) is 2.80. The highest BCUT2D eigenvalue weighted by Crippen LogP contribution is 2.32. The quantitative estimate of drug-likeness (QED) is 0.479. The third-order valence-electron chi connectivity index (χ3n) is 4.32. The zero-order valence-corrected chi connectivity index (χ0v) is 13.7. The Balaban J connectivity index is 1.74. The molecule has 0 radical (unpaired) electrons. The van der Waals surface area contributed by atoms with Crippen molar-refractivity contribution in [2.75, 3.05) is 5.32 Å². The molecule has 124 valence electrons. The lowest BCUT2D eigenvalue weighted by Crippen LogP contribution is -1.96. The Labute approximate surface area is 149 Å². The molecule has 0 aliphatic rings. The number of benzene rings is 2. The third-order valence-corrected chi connectivity index (χ3v) is 4.32. The summed E-state index contributed by atoms with van der Waals surface area (Å²) in [6, 6.07) is 18.1. The van der Waals surface area contributed by atoms with Crippen molar-refractivity contribution in [2.45, 2.75) is 0 Å². The van der Waals surface area contributed by atoms with Gasteiger partial charge in [0.2, 0.25) is 0 Å². The Morgan fingerprint density at radius 3 is 2.65 bits per heavy atom. The third kappa shape index (κ3) is 2.44. The molecule has 0 spiro atoms. The normalized spacial score (nSPS) is 11.1. The molecule has 5 rings (SSSR count). The first-order chi connectivity index (χ1) is 12.9. The fraction of sp³-hybridized carbons (Fsp3) is 0. The van der Waals surface area contributed by atoms with E-state index < -0.39 is 0 Å². The van der Waals surface area contributed by atoms with Gasteiger partial charge in [0, 0.05) is 39.8 Å². The molecule has 0 amide bonds. The Bertz CT molecular complexity index is 1200. The number of anilines is 2. The Morgan fingerprint density at radius 1 is 0.885 bits per heavy atom. The van der Waals surface area contributed by atoms with Crippen LogP contribution in [0.15, 0.2) is 73.3 Å². The Kier molecular flexibility index (Phi) is 3.31. The van der Waals surface area contributed by atoms with Crippen molar-refractivity contribution in [1.82, 2.24) is 25.1 Å². The van der Waals surface area contributed by atoms with E-state index in [0.717, 1.165) is 44.6 Å². The van der Waals surface area contributed by atoms with Crippen LogP contribution >= 0.6 is 0 Å². The summed E-state index contributed by atoms with van der Waals surface area (Å²) < 4.78 is 0. The molecule has 26 heavy (non-hydrogen) atoms. The van der Waals surface area contributed by atoms with Crippen LogP contribution < -0.4 is 5.32 Å². The average molecular weight is 338 g/mol. The van der Waals surface area contributed by atoms with E-state index in [2.05, 4.69) is 31.5 Å². The fourth-order valence-electron chi connectivity index (χ4n) is 3.10. The van der Waals surface area contributed by atoms with E-state index in [1.54, 1.807) is 12.5 Å². The number of para-hydroxylation sites is 1. The van der Waals surface area contributed by atoms with Crippen LogP contribution in [0.3, 0.4) is 0 Å². The van der Waals surface area contributed by atoms with Crippen LogP contribution in [0, 0.1) is 0 Å². The molecule has 0 aliphatic carbocycles. The largest absolute Gasteiger partial charge is 0.340 e. The van der Waals surface area contributed by atoms with Gasteiger partial charge in [-0.15, -0.1) is 10.2 Å². The van der Waals surface area contributed by atoms with Crippen molar-refractivity contribution in [3.05, 3.63) is 73.3 Å². The van der Waals surface area contributed by atoms with Gasteiger partial charge in [-0.3, -0.25) is 4.98 Å². The van der Waals surface area contributed by atoms with E-state index in [-0.39, 0.29) is 0 Å². The summed E-state index contributed by atoms with van der Waals surface area (Å²) in [7, 11) is 0. The summed E-state index contributed by atoms with van der Waals surface area (Å²) in [6.07, 6.45) is 5.23. The lowest BCUT2D eigenvalue weighted by atomic mass is 10.1. The number of hydrogen-bond acceptors (Lipinski definition) is 5. The molecule has 2 aromatic carbocycles. The molecule has 0 atom stereocenters. The van der Waals surface area contributed by atoms with Crippen molar-refractivity contribution in [3.63, 3.8) is 0 Å². The van der Waals surface area contributed by atoms with Crippen LogP contribution in [0.4, 0.5) is 11.5 Å². The van der Waals surface area contributed by atoms with Gasteiger partial charge < -0.3 is 10.3 Å². The highest BCUT2D eigenvalue weighted by molar-refractivity contribution is 6.10. The average Bonchev–Trinajstić information content (AvgIpc) is 3.23. The monoisotopic (exact) mass is 338 g/mol. The van der Waals surface area contributed by atoms with Crippen molar-refractivity contribution in [1.29, 1.82) is 0 Å². The molecular formula is C20H14N6. The first-order valence-corrected chi connectivity index (χ1v) is 8.24. The minimum atomic E-state index is 0.720. The second kappa shape index (κ2) is 5.93. The number of hydrogen-bond donors (Lipinski definition) is 2. The van der Waals surface area contributed by atoms with Gasteiger partial charge in [-0.1, -0.05) is 30.3 Å². The van der Waals surface area contributed by atoms with Crippen LogP contribution in [0.25, 0.3) is 33.1 Å². The van der Waals surface area contributed by atoms with Crippen LogP contribution in [0.2, 0.25) is 0 Å². The number of rotatable bonds is 3. The zero-order valence-electron chi connectivity index (χ0n) is 13.7. The number of nitrogens with zero attached hydrogens (tertiary/aromatic N) is 4. The molecule has 5 aromatic rings. The Hall–Kier alpha value is -3.80. The van der Waals surface area contributed by atoms with Crippen LogP contribution in [-0.2, 0) is 0 Å². The molecule has 2 N–H and O–H groups in total. The minimum Gasteiger partial charge on any atom is -0.340 e. The maximum atomic E-state index is 4.87. The van der Waals surface area contributed by atoms with Gasteiger partial charge in [-0.25, -0.2) is 4.98 Å². The molecule has 3 heterocycles. The maximum Gasteiger partial charge on any atom is 0.161 e. The molecule has 6 heteroatoms. The molecular weight excluding hydrogens is 324 g/mol. The molecule has 0 bridgehead atoms. The van der Waals surface area contributed by atoms with E-state index >= 15 is 0 Å². The van der Waals surface area contributed by atoms with Crippen molar-refractivity contribution in [2.24, 2.45) is 0 Å². The summed E-state index contributed by atoms with van der Waals surface area (Å²) in [5, 5.41) is 14.5. The fourth-order valence-corrected chi connectivity index (χ4v) is 3.10. The van der Waals surface area contributed by atoms with E-state index in [0.29, 0.717) is 0 Å². The van der Waals surface area contributed by atoms with E-state index in [1.807, 2.05) is 54.7 Å². The summed E-state index contributed by atoms with van der Waals surface area (Å²) in [6.45, 7) is 0. The van der Waals surface area contributed by atoms with Gasteiger partial charge in [-0.2, -0.15) is 0 Å². The molecule has 0 saturated heterocycles. The first kappa shape index (κ1) is 14.5. The van der Waals surface area contributed by atoms with Gasteiger partial charge in [0.1, 0.15) is 12.1 Å². The lowest BCUT2D eigenvalue weighted by Gasteiger charge is -2.12. The second-order valence-electron chi connectivity index (χ2n) is 5.94. The SMILES string of the molecule is c1ccc(Nc2nc3cc(-c4nnc[nH]4)ccc3c3cnccc23)cc1. The number of aromatic amines is 1. The molecule has 0 saturated carbocycles. The highest BCUT2D eigenvalue weighted by Gasteiger charge is 2.11. The van der Waals surface area contributed by atoms with E-state index in [1.165, 1.54) is 0 Å². The molecule has 0 fully saturated rings. The van der Waals surface area contributed by atoms with Gasteiger partial charge in [0.25, 0.3) is 0 Å². The molecule has 0 unspecified atom stereocenters. The number of H-pyrrole nitrogens is 1. The lowest BCUT2D eigenvalue weighted by molar-refractivity contribution is 1.10. The Morgan fingerprint density at radius 2 is 1.81 bits per heavy atom. The van der Waals surface area contributed by atoms with Gasteiger partial charge >= 0.3 is 0 Å². The van der Waals surface area contributed by atoms with Gasteiger partial charge in [-0.05, 0) is 24.3 Å². The molecule has 0 aliphatic heterocycles. The van der Waals surface area contributed by atoms with Crippen molar-refractivity contribution >= 4 is 33.2 Å². The summed E-state index contributed by atoms with van der Waals surface area (Å²) in [4.78, 5) is 12.2.